The number of ether oxygens (including phenoxy) is 1. The monoisotopic (exact) mass is 523 g/mol. The van der Waals surface area contributed by atoms with Crippen LogP contribution >= 0.6 is 19.8 Å². The van der Waals surface area contributed by atoms with Crippen molar-refractivity contribution < 1.29 is 28.8 Å². The van der Waals surface area contributed by atoms with Gasteiger partial charge in [-0.15, -0.1) is 4.52 Å². The third-order valence-corrected chi connectivity index (χ3v) is 8.96. The Bertz CT molecular complexity index is 522. The Balaban J connectivity index is 4.58. The highest BCUT2D eigenvalue weighted by atomic mass is 32.2. The summed E-state index contributed by atoms with van der Waals surface area (Å²) in [7, 11) is -2.79. The molecular formula is C26H52O6PS+. The average Bonchev–Trinajstić information content (AvgIpc) is 2.82. The largest absolute Gasteiger partial charge is 0.558 e. The SMILES string of the molecule is CCCCCCCCCCCSC(CCCCCC)C(C)OCC(O)(C(=O)O)[P+](=O)OCCC. The van der Waals surface area contributed by atoms with Crippen LogP contribution in [0.1, 0.15) is 124 Å². The molecule has 0 aliphatic rings. The number of rotatable bonds is 25. The molecule has 0 rings (SSSR count). The third kappa shape index (κ3) is 15.7. The molecule has 34 heavy (non-hydrogen) atoms. The highest BCUT2D eigenvalue weighted by Crippen LogP contribution is 2.39. The average molecular weight is 524 g/mol. The van der Waals surface area contributed by atoms with Crippen LogP contribution in [-0.2, 0) is 18.6 Å². The minimum absolute atomic E-state index is 0.134. The van der Waals surface area contributed by atoms with Crippen LogP contribution in [-0.4, -0.2) is 51.8 Å². The molecule has 0 saturated heterocycles. The maximum Gasteiger partial charge on any atom is 0.558 e. The van der Waals surface area contributed by atoms with E-state index in [1.807, 2.05) is 25.6 Å². The fourth-order valence-electron chi connectivity index (χ4n) is 3.70. The Hall–Kier alpha value is -0.200. The minimum Gasteiger partial charge on any atom is -0.476 e. The van der Waals surface area contributed by atoms with Crippen molar-refractivity contribution in [3.63, 3.8) is 0 Å². The van der Waals surface area contributed by atoms with Gasteiger partial charge in [-0.3, -0.25) is 0 Å². The number of carboxylic acids is 1. The fraction of sp³-hybridized carbons (Fsp3) is 0.962. The Morgan fingerprint density at radius 2 is 1.41 bits per heavy atom. The van der Waals surface area contributed by atoms with Crippen LogP contribution in [0.15, 0.2) is 0 Å². The molecule has 0 aromatic carbocycles. The van der Waals surface area contributed by atoms with Crippen molar-refractivity contribution in [2.24, 2.45) is 0 Å². The minimum atomic E-state index is -2.79. The van der Waals surface area contributed by atoms with Gasteiger partial charge in [0, 0.05) is 5.25 Å². The molecule has 6 nitrogen and oxygen atoms in total. The van der Waals surface area contributed by atoms with Gasteiger partial charge in [0.1, 0.15) is 13.2 Å². The molecule has 2 N–H and O–H groups in total. The van der Waals surface area contributed by atoms with Crippen LogP contribution in [0, 0.1) is 0 Å². The van der Waals surface area contributed by atoms with Gasteiger partial charge in [0.25, 0.3) is 0 Å². The predicted molar refractivity (Wildman–Crippen MR) is 144 cm³/mol. The molecule has 4 unspecified atom stereocenters. The number of unbranched alkanes of at least 4 members (excludes halogenated alkanes) is 11. The van der Waals surface area contributed by atoms with Gasteiger partial charge in [0.05, 0.1) is 6.10 Å². The third-order valence-electron chi connectivity index (χ3n) is 6.05. The van der Waals surface area contributed by atoms with Gasteiger partial charge in [-0.1, -0.05) is 97.8 Å². The zero-order valence-electron chi connectivity index (χ0n) is 22.3. The normalized spacial score (nSPS) is 15.6. The topological polar surface area (TPSA) is 93.1 Å². The van der Waals surface area contributed by atoms with E-state index in [9.17, 15) is 19.6 Å². The van der Waals surface area contributed by atoms with E-state index in [2.05, 4.69) is 13.8 Å². The van der Waals surface area contributed by atoms with E-state index in [0.29, 0.717) is 6.42 Å². The standard InChI is InChI=1S/C26H51O6PS/c1-5-8-10-12-13-14-15-16-18-21-34-24(19-17-11-9-6-2)23(4)31-22-26(29,25(27)28)33(30)32-20-7-3/h23-24,29H,5-22H2,1-4H3/p+1. The Kier molecular flexibility index (Phi) is 21.9. The lowest BCUT2D eigenvalue weighted by atomic mass is 10.1. The molecule has 0 amide bonds. The number of hydrogen-bond acceptors (Lipinski definition) is 6. The first-order valence-corrected chi connectivity index (χ1v) is 15.8. The van der Waals surface area contributed by atoms with Crippen molar-refractivity contribution in [1.29, 1.82) is 0 Å². The first-order valence-electron chi connectivity index (χ1n) is 13.6. The molecule has 202 valence electrons. The number of thioether (sulfide) groups is 1. The number of hydrogen-bond donors (Lipinski definition) is 2. The number of aliphatic hydroxyl groups is 1. The Labute approximate surface area is 214 Å². The predicted octanol–water partition coefficient (Wildman–Crippen LogP) is 7.94. The quantitative estimate of drug-likeness (QED) is 0.0926. The lowest BCUT2D eigenvalue weighted by Crippen LogP contribution is -2.42. The molecule has 0 aliphatic heterocycles. The molecule has 0 spiro atoms. The van der Waals surface area contributed by atoms with E-state index in [-0.39, 0.29) is 18.0 Å². The molecular weight excluding hydrogens is 471 g/mol. The molecule has 0 heterocycles. The zero-order chi connectivity index (χ0) is 25.7. The van der Waals surface area contributed by atoms with Crippen LogP contribution in [0.2, 0.25) is 0 Å². The second-order valence-electron chi connectivity index (χ2n) is 9.32. The second kappa shape index (κ2) is 22.0. The number of carbonyl (C=O) groups is 1. The van der Waals surface area contributed by atoms with Crippen molar-refractivity contribution >= 4 is 25.8 Å². The maximum atomic E-state index is 12.3. The van der Waals surface area contributed by atoms with E-state index in [1.54, 1.807) is 0 Å². The number of aliphatic carboxylic acids is 1. The van der Waals surface area contributed by atoms with Crippen LogP contribution in [0.5, 0.6) is 0 Å². The highest BCUT2D eigenvalue weighted by molar-refractivity contribution is 7.99. The Morgan fingerprint density at radius 3 is 1.94 bits per heavy atom. The lowest BCUT2D eigenvalue weighted by molar-refractivity contribution is -0.156. The smallest absolute Gasteiger partial charge is 0.476 e. The Morgan fingerprint density at radius 1 is 0.882 bits per heavy atom. The molecule has 0 fully saturated rings. The number of carboxylic acid groups (broad SMARTS) is 1. The first-order chi connectivity index (χ1) is 16.3. The van der Waals surface area contributed by atoms with Gasteiger partial charge >= 0.3 is 19.3 Å². The van der Waals surface area contributed by atoms with Gasteiger partial charge < -0.3 is 14.9 Å². The van der Waals surface area contributed by atoms with E-state index in [0.717, 1.165) is 18.6 Å². The van der Waals surface area contributed by atoms with Gasteiger partial charge in [-0.05, 0) is 36.5 Å². The molecule has 4 atom stereocenters. The molecule has 0 aromatic rings. The molecule has 0 aliphatic carbocycles. The highest BCUT2D eigenvalue weighted by Gasteiger charge is 2.58. The van der Waals surface area contributed by atoms with Crippen LogP contribution in [0.25, 0.3) is 0 Å². The van der Waals surface area contributed by atoms with Crippen molar-refractivity contribution in [3.05, 3.63) is 0 Å². The van der Waals surface area contributed by atoms with E-state index >= 15 is 0 Å². The summed E-state index contributed by atoms with van der Waals surface area (Å²) in [5.74, 6) is -0.516. The van der Waals surface area contributed by atoms with Crippen LogP contribution in [0.3, 0.4) is 0 Å². The van der Waals surface area contributed by atoms with Crippen molar-refractivity contribution in [3.8, 4) is 0 Å². The van der Waals surface area contributed by atoms with Crippen molar-refractivity contribution in [1.82, 2.24) is 0 Å². The van der Waals surface area contributed by atoms with E-state index in [4.69, 9.17) is 9.26 Å². The molecule has 0 aromatic heterocycles. The van der Waals surface area contributed by atoms with E-state index < -0.39 is 25.9 Å². The summed E-state index contributed by atoms with van der Waals surface area (Å²) in [5.41, 5.74) is 0. The van der Waals surface area contributed by atoms with Gasteiger partial charge in [0.15, 0.2) is 0 Å². The summed E-state index contributed by atoms with van der Waals surface area (Å²) in [6.07, 6.45) is 17.7. The lowest BCUT2D eigenvalue weighted by Gasteiger charge is -2.25. The maximum absolute atomic E-state index is 12.3. The van der Waals surface area contributed by atoms with Gasteiger partial charge in [-0.25, -0.2) is 4.79 Å². The summed E-state index contributed by atoms with van der Waals surface area (Å²) in [6.45, 7) is 7.79. The van der Waals surface area contributed by atoms with Crippen molar-refractivity contribution in [2.75, 3.05) is 19.0 Å². The zero-order valence-corrected chi connectivity index (χ0v) is 24.0. The fourth-order valence-corrected chi connectivity index (χ4v) is 5.96. The summed E-state index contributed by atoms with van der Waals surface area (Å²) in [4.78, 5) is 11.6. The molecule has 0 saturated carbocycles. The summed E-state index contributed by atoms with van der Waals surface area (Å²) in [5, 5.41) is 17.6. The molecule has 0 bridgehead atoms. The van der Waals surface area contributed by atoms with Crippen LogP contribution in [0.4, 0.5) is 0 Å². The second-order valence-corrected chi connectivity index (χ2v) is 12.2. The summed E-state index contributed by atoms with van der Waals surface area (Å²) in [6, 6.07) is 0. The van der Waals surface area contributed by atoms with Gasteiger partial charge in [0.2, 0.25) is 0 Å². The van der Waals surface area contributed by atoms with Crippen molar-refractivity contribution in [2.45, 2.75) is 141 Å². The summed E-state index contributed by atoms with van der Waals surface area (Å²) >= 11 is 1.89. The summed E-state index contributed by atoms with van der Waals surface area (Å²) < 4.78 is 23.1. The molecule has 8 heteroatoms. The van der Waals surface area contributed by atoms with Crippen LogP contribution < -0.4 is 0 Å². The first kappa shape index (κ1) is 33.8. The molecule has 0 radical (unpaired) electrons. The van der Waals surface area contributed by atoms with E-state index in [1.165, 1.54) is 77.0 Å². The van der Waals surface area contributed by atoms with Gasteiger partial charge in [-0.2, -0.15) is 11.8 Å².